The molecule has 1 atom stereocenters. The molecule has 0 N–H and O–H groups in total. The van der Waals surface area contributed by atoms with Gasteiger partial charge in [0.15, 0.2) is 0 Å². The molecule has 1 aliphatic rings. The first-order valence-electron chi connectivity index (χ1n) is 10.5. The number of nitrogens with zero attached hydrogens (tertiary/aromatic N) is 2. The molecule has 3 amide bonds. The number of hydrogen-bond acceptors (Lipinski definition) is 4. The smallest absolute Gasteiger partial charge is 0.257 e. The second-order valence-corrected chi connectivity index (χ2v) is 7.91. The minimum absolute atomic E-state index is 0.0434. The van der Waals surface area contributed by atoms with Crippen molar-refractivity contribution >= 4 is 23.4 Å². The average molecular weight is 446 g/mol. The Morgan fingerprint density at radius 1 is 1.06 bits per heavy atom. The minimum Gasteiger partial charge on any atom is -0.497 e. The maximum Gasteiger partial charge on any atom is 0.257 e. The normalized spacial score (nSPS) is 15.6. The van der Waals surface area contributed by atoms with Crippen molar-refractivity contribution in [3.63, 3.8) is 0 Å². The van der Waals surface area contributed by atoms with Crippen LogP contribution in [0.3, 0.4) is 0 Å². The van der Waals surface area contributed by atoms with E-state index in [0.29, 0.717) is 22.6 Å². The monoisotopic (exact) mass is 446 g/mol. The van der Waals surface area contributed by atoms with E-state index in [0.717, 1.165) is 10.5 Å². The molecule has 1 saturated heterocycles. The lowest BCUT2D eigenvalue weighted by atomic mass is 10.1. The maximum absolute atomic E-state index is 13.5. The van der Waals surface area contributed by atoms with E-state index in [-0.39, 0.29) is 18.9 Å². The number of ether oxygens (including phenoxy) is 1. The molecule has 3 aromatic carbocycles. The van der Waals surface area contributed by atoms with E-state index in [4.69, 9.17) is 4.74 Å². The average Bonchev–Trinajstić information content (AvgIpc) is 3.12. The maximum atomic E-state index is 13.5. The van der Waals surface area contributed by atoms with E-state index in [1.165, 1.54) is 24.1 Å². The van der Waals surface area contributed by atoms with Crippen molar-refractivity contribution in [2.24, 2.45) is 0 Å². The number of benzene rings is 3. The summed E-state index contributed by atoms with van der Waals surface area (Å²) in [6.07, 6.45) is -0.135. The highest BCUT2D eigenvalue weighted by Crippen LogP contribution is 2.28. The minimum atomic E-state index is -0.984. The fourth-order valence-corrected chi connectivity index (χ4v) is 3.86. The summed E-state index contributed by atoms with van der Waals surface area (Å²) in [5.74, 6) is -1.17. The lowest BCUT2D eigenvalue weighted by Crippen LogP contribution is -2.45. The largest absolute Gasteiger partial charge is 0.497 e. The van der Waals surface area contributed by atoms with Gasteiger partial charge in [0.2, 0.25) is 5.91 Å². The van der Waals surface area contributed by atoms with Gasteiger partial charge in [-0.05, 0) is 55.0 Å². The summed E-state index contributed by atoms with van der Waals surface area (Å²) in [7, 11) is 1.50. The summed E-state index contributed by atoms with van der Waals surface area (Å²) < 4.78 is 18.6. The molecule has 33 heavy (non-hydrogen) atoms. The van der Waals surface area contributed by atoms with Gasteiger partial charge in [-0.2, -0.15) is 0 Å². The lowest BCUT2D eigenvalue weighted by molar-refractivity contribution is -0.122. The second-order valence-electron chi connectivity index (χ2n) is 7.91. The topological polar surface area (TPSA) is 66.9 Å². The number of anilines is 1. The first kappa shape index (κ1) is 22.2. The Labute approximate surface area is 191 Å². The number of methoxy groups -OCH3 is 1. The standard InChI is InChI=1S/C26H23FN2O4/c1-17-6-12-21(13-7-17)29-24(30)15-23(26(29)32)28(16-18-8-10-20(27)11-9-18)25(31)19-4-3-5-22(14-19)33-2/h3-14,23H,15-16H2,1-2H3. The number of aryl methyl sites for hydroxylation is 1. The van der Waals surface area contributed by atoms with Crippen LogP contribution in [-0.4, -0.2) is 35.8 Å². The molecule has 168 valence electrons. The third-order valence-electron chi connectivity index (χ3n) is 5.63. The molecule has 1 fully saturated rings. The van der Waals surface area contributed by atoms with Gasteiger partial charge in [-0.15, -0.1) is 0 Å². The number of amides is 3. The molecule has 1 aliphatic heterocycles. The van der Waals surface area contributed by atoms with Gasteiger partial charge in [-0.1, -0.05) is 35.9 Å². The van der Waals surface area contributed by atoms with Crippen LogP contribution in [0.5, 0.6) is 5.75 Å². The van der Waals surface area contributed by atoms with Gasteiger partial charge in [0.25, 0.3) is 11.8 Å². The number of rotatable bonds is 6. The van der Waals surface area contributed by atoms with Crippen LogP contribution in [-0.2, 0) is 16.1 Å². The first-order chi connectivity index (χ1) is 15.9. The second kappa shape index (κ2) is 9.24. The number of halogens is 1. The fraction of sp³-hybridized carbons (Fsp3) is 0.192. The van der Waals surface area contributed by atoms with Crippen molar-refractivity contribution < 1.29 is 23.5 Å². The Morgan fingerprint density at radius 2 is 1.76 bits per heavy atom. The van der Waals surface area contributed by atoms with Crippen molar-refractivity contribution in [2.75, 3.05) is 12.0 Å². The van der Waals surface area contributed by atoms with E-state index in [1.807, 2.05) is 19.1 Å². The molecule has 3 aromatic rings. The number of hydrogen-bond donors (Lipinski definition) is 0. The molecule has 0 aromatic heterocycles. The number of carbonyl (C=O) groups is 3. The van der Waals surface area contributed by atoms with Gasteiger partial charge in [-0.3, -0.25) is 14.4 Å². The third-order valence-corrected chi connectivity index (χ3v) is 5.63. The Hall–Kier alpha value is -4.00. The van der Waals surface area contributed by atoms with Crippen LogP contribution in [0.25, 0.3) is 0 Å². The van der Waals surface area contributed by atoms with Crippen LogP contribution in [0.1, 0.15) is 27.9 Å². The van der Waals surface area contributed by atoms with Gasteiger partial charge in [-0.25, -0.2) is 9.29 Å². The number of carbonyl (C=O) groups excluding carboxylic acids is 3. The van der Waals surface area contributed by atoms with Crippen molar-refractivity contribution in [1.82, 2.24) is 4.90 Å². The van der Waals surface area contributed by atoms with Gasteiger partial charge in [0.1, 0.15) is 17.6 Å². The van der Waals surface area contributed by atoms with Crippen molar-refractivity contribution in [2.45, 2.75) is 25.9 Å². The number of imide groups is 1. The Balaban J connectivity index is 1.69. The van der Waals surface area contributed by atoms with E-state index < -0.39 is 23.7 Å². The van der Waals surface area contributed by atoms with Crippen LogP contribution < -0.4 is 9.64 Å². The SMILES string of the molecule is COc1cccc(C(=O)N(Cc2ccc(F)cc2)C2CC(=O)N(c3ccc(C)cc3)C2=O)c1. The Bertz CT molecular complexity index is 1190. The predicted molar refractivity (Wildman–Crippen MR) is 121 cm³/mol. The van der Waals surface area contributed by atoms with Gasteiger partial charge >= 0.3 is 0 Å². The lowest BCUT2D eigenvalue weighted by Gasteiger charge is -2.28. The van der Waals surface area contributed by atoms with Crippen LogP contribution in [0.4, 0.5) is 10.1 Å². The molecular weight excluding hydrogens is 423 g/mol. The molecule has 1 unspecified atom stereocenters. The predicted octanol–water partition coefficient (Wildman–Crippen LogP) is 4.12. The highest BCUT2D eigenvalue weighted by atomic mass is 19.1. The van der Waals surface area contributed by atoms with Crippen molar-refractivity contribution in [3.8, 4) is 5.75 Å². The molecule has 0 radical (unpaired) electrons. The van der Waals surface area contributed by atoms with Gasteiger partial charge in [0.05, 0.1) is 19.2 Å². The van der Waals surface area contributed by atoms with Crippen LogP contribution in [0, 0.1) is 12.7 Å². The van der Waals surface area contributed by atoms with Gasteiger partial charge < -0.3 is 9.64 Å². The molecule has 7 heteroatoms. The quantitative estimate of drug-likeness (QED) is 0.535. The Morgan fingerprint density at radius 3 is 2.42 bits per heavy atom. The molecule has 6 nitrogen and oxygen atoms in total. The van der Waals surface area contributed by atoms with E-state index in [1.54, 1.807) is 48.5 Å². The third kappa shape index (κ3) is 4.62. The zero-order valence-electron chi connectivity index (χ0n) is 18.3. The highest BCUT2D eigenvalue weighted by molar-refractivity contribution is 6.23. The highest BCUT2D eigenvalue weighted by Gasteiger charge is 2.44. The summed E-state index contributed by atoms with van der Waals surface area (Å²) in [5.41, 5.74) is 2.43. The fourth-order valence-electron chi connectivity index (χ4n) is 3.86. The van der Waals surface area contributed by atoms with E-state index in [9.17, 15) is 18.8 Å². The molecule has 0 saturated carbocycles. The molecule has 0 spiro atoms. The first-order valence-corrected chi connectivity index (χ1v) is 10.5. The van der Waals surface area contributed by atoms with E-state index in [2.05, 4.69) is 0 Å². The Kier molecular flexibility index (Phi) is 6.22. The van der Waals surface area contributed by atoms with Crippen molar-refractivity contribution in [3.05, 3.63) is 95.3 Å². The zero-order chi connectivity index (χ0) is 23.5. The molecule has 0 bridgehead atoms. The van der Waals surface area contributed by atoms with Crippen LogP contribution in [0.2, 0.25) is 0 Å². The summed E-state index contributed by atoms with van der Waals surface area (Å²) >= 11 is 0. The van der Waals surface area contributed by atoms with Gasteiger partial charge in [0, 0.05) is 12.1 Å². The van der Waals surface area contributed by atoms with Crippen LogP contribution >= 0.6 is 0 Å². The van der Waals surface area contributed by atoms with E-state index >= 15 is 0 Å². The summed E-state index contributed by atoms with van der Waals surface area (Å²) in [5, 5.41) is 0. The molecule has 0 aliphatic carbocycles. The molecule has 1 heterocycles. The zero-order valence-corrected chi connectivity index (χ0v) is 18.3. The van der Waals surface area contributed by atoms with Crippen molar-refractivity contribution in [1.29, 1.82) is 0 Å². The molecule has 4 rings (SSSR count). The molecular formula is C26H23FN2O4. The summed E-state index contributed by atoms with van der Waals surface area (Å²) in [4.78, 5) is 42.2. The summed E-state index contributed by atoms with van der Waals surface area (Å²) in [6.45, 7) is 1.96. The summed E-state index contributed by atoms with van der Waals surface area (Å²) in [6, 6.07) is 18.4. The van der Waals surface area contributed by atoms with Crippen LogP contribution in [0.15, 0.2) is 72.8 Å².